The number of carbonyl (C=O) groups excluding carboxylic acids is 1. The molecule has 8 heteroatoms. The second-order valence-corrected chi connectivity index (χ2v) is 8.22. The molecule has 0 atom stereocenters. The van der Waals surface area contributed by atoms with Gasteiger partial charge in [0.05, 0.1) is 29.9 Å². The molecule has 31 heavy (non-hydrogen) atoms. The number of nitrogens with one attached hydrogen (secondary N) is 1. The van der Waals surface area contributed by atoms with Crippen LogP contribution in [0.4, 0.5) is 8.78 Å². The lowest BCUT2D eigenvalue weighted by molar-refractivity contribution is -0.123. The topological polar surface area (TPSA) is 80.9 Å². The van der Waals surface area contributed by atoms with Crippen LogP contribution in [-0.2, 0) is 11.2 Å². The van der Waals surface area contributed by atoms with E-state index in [1.807, 2.05) is 24.3 Å². The van der Waals surface area contributed by atoms with E-state index in [1.54, 1.807) is 13.1 Å². The van der Waals surface area contributed by atoms with Crippen LogP contribution in [0.5, 0.6) is 0 Å². The third-order valence-electron chi connectivity index (χ3n) is 5.92. The fourth-order valence-electron chi connectivity index (χ4n) is 4.19. The van der Waals surface area contributed by atoms with E-state index in [1.165, 1.54) is 0 Å². The minimum atomic E-state index is -0.740. The van der Waals surface area contributed by atoms with Crippen molar-refractivity contribution in [1.29, 1.82) is 0 Å². The lowest BCUT2D eigenvalue weighted by atomic mass is 9.82. The van der Waals surface area contributed by atoms with E-state index in [9.17, 15) is 13.6 Å². The van der Waals surface area contributed by atoms with E-state index in [4.69, 9.17) is 4.42 Å². The van der Waals surface area contributed by atoms with Gasteiger partial charge in [-0.1, -0.05) is 0 Å². The quantitative estimate of drug-likeness (QED) is 0.580. The Balaban J connectivity index is 1.39. The molecule has 164 valence electrons. The summed E-state index contributed by atoms with van der Waals surface area (Å²) in [6.07, 6.45) is 4.85. The predicted octanol–water partition coefficient (Wildman–Crippen LogP) is 4.16. The number of aryl methyl sites for hydroxylation is 1. The molecule has 0 unspecified atom stereocenters. The Hall–Kier alpha value is -2.74. The molecule has 1 fully saturated rings. The number of carbonyl (C=O) groups is 1. The largest absolute Gasteiger partial charge is 0.441 e. The number of hydrogen-bond donors (Lipinski definition) is 1. The van der Waals surface area contributed by atoms with Gasteiger partial charge >= 0.3 is 0 Å². The van der Waals surface area contributed by atoms with Gasteiger partial charge in [-0.15, -0.1) is 0 Å². The first-order chi connectivity index (χ1) is 15.1. The highest BCUT2D eigenvalue weighted by molar-refractivity contribution is 5.86. The highest BCUT2D eigenvalue weighted by Gasteiger charge is 2.27. The van der Waals surface area contributed by atoms with Crippen LogP contribution in [0, 0.1) is 12.8 Å². The molecule has 0 aliphatic heterocycles. The van der Waals surface area contributed by atoms with Gasteiger partial charge in [0.2, 0.25) is 0 Å². The van der Waals surface area contributed by atoms with Crippen LogP contribution in [0.1, 0.15) is 37.3 Å². The van der Waals surface area contributed by atoms with Gasteiger partial charge < -0.3 is 9.73 Å². The van der Waals surface area contributed by atoms with Gasteiger partial charge in [0.15, 0.2) is 11.7 Å². The number of oxazole rings is 1. The van der Waals surface area contributed by atoms with Crippen LogP contribution in [0.25, 0.3) is 22.2 Å². The third-order valence-corrected chi connectivity index (χ3v) is 5.92. The zero-order valence-electron chi connectivity index (χ0n) is 17.5. The molecular weight excluding hydrogens is 402 g/mol. The Bertz CT molecular complexity index is 1040. The number of ketones is 1. The van der Waals surface area contributed by atoms with Crippen molar-refractivity contribution in [2.45, 2.75) is 51.1 Å². The molecule has 0 amide bonds. The van der Waals surface area contributed by atoms with Crippen molar-refractivity contribution >= 4 is 16.7 Å². The molecule has 1 saturated carbocycles. The molecule has 2 heterocycles. The number of benzene rings is 1. The number of halogens is 2. The normalized spacial score (nSPS) is 19.2. The van der Waals surface area contributed by atoms with Crippen LogP contribution in [0.3, 0.4) is 0 Å². The van der Waals surface area contributed by atoms with E-state index in [-0.39, 0.29) is 24.2 Å². The summed E-state index contributed by atoms with van der Waals surface area (Å²) >= 11 is 0. The zero-order valence-corrected chi connectivity index (χ0v) is 17.5. The van der Waals surface area contributed by atoms with Crippen molar-refractivity contribution in [3.63, 3.8) is 0 Å². The molecule has 1 N–H and O–H groups in total. The standard InChI is InChI=1S/C23H26F2N4O2/c1-14-26-13-23(31-14)16-4-7-21-17(8-16)9-19(28-29-21)10-22(30)15-2-5-18(6-3-15)27-20(11-24)12-25/h4,7-9,13,15,18,20,27H,2-3,5-6,10-12H2,1H3. The summed E-state index contributed by atoms with van der Waals surface area (Å²) in [4.78, 5) is 16.9. The molecule has 1 aliphatic carbocycles. The molecule has 4 rings (SSSR count). The number of Topliss-reactive ketones (excluding diaryl/α,β-unsaturated/α-hetero) is 1. The molecule has 0 bridgehead atoms. The number of fused-ring (bicyclic) bond motifs is 1. The van der Waals surface area contributed by atoms with Crippen molar-refractivity contribution in [1.82, 2.24) is 20.5 Å². The van der Waals surface area contributed by atoms with E-state index in [2.05, 4.69) is 20.5 Å². The van der Waals surface area contributed by atoms with E-state index >= 15 is 0 Å². The minimum Gasteiger partial charge on any atom is -0.441 e. The summed E-state index contributed by atoms with van der Waals surface area (Å²) in [5.41, 5.74) is 2.28. The van der Waals surface area contributed by atoms with Crippen LogP contribution in [0.15, 0.2) is 34.9 Å². The number of rotatable bonds is 8. The first kappa shape index (κ1) is 21.5. The maximum Gasteiger partial charge on any atom is 0.191 e. The van der Waals surface area contributed by atoms with Crippen LogP contribution >= 0.6 is 0 Å². The molecular formula is C23H26F2N4O2. The predicted molar refractivity (Wildman–Crippen MR) is 113 cm³/mol. The lowest BCUT2D eigenvalue weighted by Crippen LogP contribution is -2.43. The smallest absolute Gasteiger partial charge is 0.191 e. The van der Waals surface area contributed by atoms with Crippen molar-refractivity contribution in [3.05, 3.63) is 42.0 Å². The lowest BCUT2D eigenvalue weighted by Gasteiger charge is -2.30. The number of nitrogens with zero attached hydrogens (tertiary/aromatic N) is 3. The SMILES string of the molecule is Cc1ncc(-c2ccc3nnc(CC(=O)C4CCC(NC(CF)CF)CC4)cc3c2)o1. The molecule has 0 saturated heterocycles. The Kier molecular flexibility index (Phi) is 6.65. The Morgan fingerprint density at radius 3 is 2.61 bits per heavy atom. The highest BCUT2D eigenvalue weighted by Crippen LogP contribution is 2.27. The summed E-state index contributed by atoms with van der Waals surface area (Å²) in [6.45, 7) is 0.366. The fraction of sp³-hybridized carbons (Fsp3) is 0.478. The average Bonchev–Trinajstić information content (AvgIpc) is 3.23. The van der Waals surface area contributed by atoms with Crippen molar-refractivity contribution < 1.29 is 18.0 Å². The minimum absolute atomic E-state index is 0.0479. The third kappa shape index (κ3) is 5.12. The average molecular weight is 428 g/mol. The summed E-state index contributed by atoms with van der Waals surface area (Å²) < 4.78 is 31.0. The van der Waals surface area contributed by atoms with Crippen molar-refractivity contribution in [2.24, 2.45) is 5.92 Å². The van der Waals surface area contributed by atoms with Gasteiger partial charge in [-0.05, 0) is 49.9 Å². The second-order valence-electron chi connectivity index (χ2n) is 8.22. The maximum atomic E-state index is 12.8. The number of aromatic nitrogens is 3. The molecule has 0 spiro atoms. The number of hydrogen-bond acceptors (Lipinski definition) is 6. The molecule has 0 radical (unpaired) electrons. The summed E-state index contributed by atoms with van der Waals surface area (Å²) in [5, 5.41) is 12.4. The van der Waals surface area contributed by atoms with E-state index < -0.39 is 19.4 Å². The first-order valence-electron chi connectivity index (χ1n) is 10.7. The van der Waals surface area contributed by atoms with Crippen LogP contribution in [0.2, 0.25) is 0 Å². The molecule has 1 aliphatic rings. The van der Waals surface area contributed by atoms with Gasteiger partial charge in [0.1, 0.15) is 19.1 Å². The number of alkyl halides is 2. The summed E-state index contributed by atoms with van der Waals surface area (Å²) in [7, 11) is 0. The monoisotopic (exact) mass is 428 g/mol. The second kappa shape index (κ2) is 9.60. The maximum absolute atomic E-state index is 12.8. The Morgan fingerprint density at radius 1 is 1.16 bits per heavy atom. The van der Waals surface area contributed by atoms with Gasteiger partial charge in [-0.3, -0.25) is 4.79 Å². The molecule has 6 nitrogen and oxygen atoms in total. The Labute approximate surface area is 179 Å². The zero-order chi connectivity index (χ0) is 21.8. The Morgan fingerprint density at radius 2 is 1.94 bits per heavy atom. The van der Waals surface area contributed by atoms with Crippen LogP contribution < -0.4 is 5.32 Å². The van der Waals surface area contributed by atoms with Gasteiger partial charge in [-0.2, -0.15) is 10.2 Å². The van der Waals surface area contributed by atoms with Crippen molar-refractivity contribution in [3.8, 4) is 11.3 Å². The fourth-order valence-corrected chi connectivity index (χ4v) is 4.19. The van der Waals surface area contributed by atoms with Gasteiger partial charge in [0, 0.05) is 29.8 Å². The van der Waals surface area contributed by atoms with Gasteiger partial charge in [0.25, 0.3) is 0 Å². The van der Waals surface area contributed by atoms with Crippen LogP contribution in [-0.4, -0.2) is 46.4 Å². The van der Waals surface area contributed by atoms with Crippen molar-refractivity contribution in [2.75, 3.05) is 13.3 Å². The molecule has 2 aromatic heterocycles. The highest BCUT2D eigenvalue weighted by atomic mass is 19.1. The van der Waals surface area contributed by atoms with Gasteiger partial charge in [-0.25, -0.2) is 13.8 Å². The molecule has 3 aromatic rings. The van der Waals surface area contributed by atoms with E-state index in [0.29, 0.717) is 17.3 Å². The van der Waals surface area contributed by atoms with E-state index in [0.717, 1.165) is 42.1 Å². The first-order valence-corrected chi connectivity index (χ1v) is 10.7. The summed E-state index contributed by atoms with van der Waals surface area (Å²) in [5.74, 6) is 1.38. The molecule has 1 aromatic carbocycles. The summed E-state index contributed by atoms with van der Waals surface area (Å²) in [6, 6.07) is 6.96.